The van der Waals surface area contributed by atoms with Gasteiger partial charge in [0.1, 0.15) is 6.10 Å². The third-order valence-electron chi connectivity index (χ3n) is 3.21. The lowest BCUT2D eigenvalue weighted by Crippen LogP contribution is -2.08. The van der Waals surface area contributed by atoms with Gasteiger partial charge in [0.05, 0.1) is 0 Å². The van der Waals surface area contributed by atoms with Crippen LogP contribution in [0.25, 0.3) is 0 Å². The quantitative estimate of drug-likeness (QED) is 0.499. The minimum Gasteiger partial charge on any atom is -0.399 e. The fraction of sp³-hybridized carbons (Fsp3) is 0.133. The summed E-state index contributed by atoms with van der Waals surface area (Å²) in [7, 11) is 0. The molecule has 0 saturated carbocycles. The van der Waals surface area contributed by atoms with Crippen LogP contribution in [0.3, 0.4) is 0 Å². The summed E-state index contributed by atoms with van der Waals surface area (Å²) in [5.74, 6) is -0.0122. The molecule has 4 heteroatoms. The number of epoxide rings is 1. The number of ether oxygens (including phenoxy) is 1. The van der Waals surface area contributed by atoms with Crippen molar-refractivity contribution in [2.45, 2.75) is 12.2 Å². The third kappa shape index (κ3) is 2.30. The number of anilines is 2. The number of ketones is 1. The smallest absolute Gasteiger partial charge is 0.194 e. The predicted octanol–water partition coefficient (Wildman–Crippen LogP) is 2.17. The van der Waals surface area contributed by atoms with E-state index in [9.17, 15) is 4.79 Å². The summed E-state index contributed by atoms with van der Waals surface area (Å²) in [5.41, 5.74) is 14.2. The van der Waals surface area contributed by atoms with Gasteiger partial charge in [-0.1, -0.05) is 12.1 Å². The van der Waals surface area contributed by atoms with Crippen molar-refractivity contribution in [2.75, 3.05) is 11.5 Å². The van der Waals surface area contributed by atoms with E-state index in [4.69, 9.17) is 16.2 Å². The van der Waals surface area contributed by atoms with Gasteiger partial charge in [-0.25, -0.2) is 0 Å². The second-order valence-corrected chi connectivity index (χ2v) is 4.63. The Morgan fingerprint density at radius 1 is 0.895 bits per heavy atom. The van der Waals surface area contributed by atoms with E-state index in [1.165, 1.54) is 0 Å². The van der Waals surface area contributed by atoms with Gasteiger partial charge in [0, 0.05) is 16.9 Å². The van der Waals surface area contributed by atoms with Crippen molar-refractivity contribution >= 4 is 17.2 Å². The molecule has 4 nitrogen and oxygen atoms in total. The highest BCUT2D eigenvalue weighted by Gasteiger charge is 2.46. The van der Waals surface area contributed by atoms with Gasteiger partial charge >= 0.3 is 0 Å². The number of Topliss-reactive ketones (excluding diaryl/α,β-unsaturated/α-hetero) is 1. The zero-order chi connectivity index (χ0) is 13.4. The molecule has 2 aromatic rings. The highest BCUT2D eigenvalue weighted by Crippen LogP contribution is 2.40. The number of carbonyl (C=O) groups excluding carboxylic acids is 1. The maximum atomic E-state index is 12.2. The molecule has 0 aliphatic carbocycles. The molecule has 0 bridgehead atoms. The Hall–Kier alpha value is -2.33. The Balaban J connectivity index is 1.74. The lowest BCUT2D eigenvalue weighted by atomic mass is 10.0. The topological polar surface area (TPSA) is 81.6 Å². The highest BCUT2D eigenvalue weighted by atomic mass is 16.6. The van der Waals surface area contributed by atoms with Crippen molar-refractivity contribution in [3.63, 3.8) is 0 Å². The molecule has 0 spiro atoms. The van der Waals surface area contributed by atoms with E-state index < -0.39 is 6.10 Å². The number of hydrogen-bond donors (Lipinski definition) is 2. The van der Waals surface area contributed by atoms with E-state index in [0.29, 0.717) is 16.9 Å². The van der Waals surface area contributed by atoms with Gasteiger partial charge in [0.15, 0.2) is 11.9 Å². The SMILES string of the molecule is Nc1ccc(C(=O)C2OC2c2ccc(N)cc2)cc1. The van der Waals surface area contributed by atoms with E-state index >= 15 is 0 Å². The van der Waals surface area contributed by atoms with Crippen LogP contribution in [0.2, 0.25) is 0 Å². The summed E-state index contributed by atoms with van der Waals surface area (Å²) in [4.78, 5) is 12.2. The molecule has 1 heterocycles. The van der Waals surface area contributed by atoms with Gasteiger partial charge in [-0.05, 0) is 42.0 Å². The third-order valence-corrected chi connectivity index (χ3v) is 3.21. The minimum atomic E-state index is -0.396. The van der Waals surface area contributed by atoms with Crippen molar-refractivity contribution in [1.29, 1.82) is 0 Å². The second kappa shape index (κ2) is 4.40. The van der Waals surface area contributed by atoms with Crippen molar-refractivity contribution in [3.8, 4) is 0 Å². The van der Waals surface area contributed by atoms with Crippen LogP contribution in [-0.4, -0.2) is 11.9 Å². The first-order valence-electron chi connectivity index (χ1n) is 6.06. The summed E-state index contributed by atoms with van der Waals surface area (Å²) in [5, 5.41) is 0. The molecule has 4 N–H and O–H groups in total. The molecule has 2 aromatic carbocycles. The van der Waals surface area contributed by atoms with Crippen molar-refractivity contribution in [3.05, 3.63) is 59.7 Å². The summed E-state index contributed by atoms with van der Waals surface area (Å²) >= 11 is 0. The summed E-state index contributed by atoms with van der Waals surface area (Å²) in [6.07, 6.45) is -0.557. The number of rotatable bonds is 3. The average molecular weight is 254 g/mol. The standard InChI is InChI=1S/C15H14N2O2/c16-11-5-1-9(2-6-11)13(18)15-14(19-15)10-3-7-12(17)8-4-10/h1-8,14-15H,16-17H2. The fourth-order valence-electron chi connectivity index (χ4n) is 2.06. The molecule has 19 heavy (non-hydrogen) atoms. The van der Waals surface area contributed by atoms with E-state index in [-0.39, 0.29) is 11.9 Å². The van der Waals surface area contributed by atoms with Crippen molar-refractivity contribution in [2.24, 2.45) is 0 Å². The first-order chi connectivity index (χ1) is 9.15. The molecular weight excluding hydrogens is 240 g/mol. The number of benzene rings is 2. The summed E-state index contributed by atoms with van der Waals surface area (Å²) in [6.45, 7) is 0. The van der Waals surface area contributed by atoms with Crippen molar-refractivity contribution < 1.29 is 9.53 Å². The van der Waals surface area contributed by atoms with Crippen LogP contribution in [0.5, 0.6) is 0 Å². The molecule has 96 valence electrons. The van der Waals surface area contributed by atoms with Crippen LogP contribution in [0.4, 0.5) is 11.4 Å². The Morgan fingerprint density at radius 3 is 2.00 bits per heavy atom. The zero-order valence-corrected chi connectivity index (χ0v) is 10.2. The predicted molar refractivity (Wildman–Crippen MR) is 73.7 cm³/mol. The van der Waals surface area contributed by atoms with Gasteiger partial charge < -0.3 is 16.2 Å². The van der Waals surface area contributed by atoms with Gasteiger partial charge in [-0.15, -0.1) is 0 Å². The first-order valence-corrected chi connectivity index (χ1v) is 6.06. The Labute approximate surface area is 111 Å². The Morgan fingerprint density at radius 2 is 1.42 bits per heavy atom. The molecule has 0 radical (unpaired) electrons. The van der Waals surface area contributed by atoms with Gasteiger partial charge in [-0.2, -0.15) is 0 Å². The van der Waals surface area contributed by atoms with E-state index in [2.05, 4.69) is 0 Å². The normalized spacial score (nSPS) is 21.1. The summed E-state index contributed by atoms with van der Waals surface area (Å²) in [6, 6.07) is 14.3. The number of nitrogen functional groups attached to an aromatic ring is 2. The number of hydrogen-bond acceptors (Lipinski definition) is 4. The lowest BCUT2D eigenvalue weighted by Gasteiger charge is -1.99. The average Bonchev–Trinajstić information content (AvgIpc) is 3.20. The maximum absolute atomic E-state index is 12.2. The van der Waals surface area contributed by atoms with Gasteiger partial charge in [0.25, 0.3) is 0 Å². The molecule has 2 atom stereocenters. The van der Waals surface area contributed by atoms with Crippen LogP contribution in [-0.2, 0) is 4.74 Å². The highest BCUT2D eigenvalue weighted by molar-refractivity contribution is 6.01. The molecule has 1 aliphatic rings. The Bertz CT molecular complexity index is 605. The monoisotopic (exact) mass is 254 g/mol. The van der Waals surface area contributed by atoms with E-state index in [1.807, 2.05) is 24.3 Å². The van der Waals surface area contributed by atoms with Gasteiger partial charge in [-0.3, -0.25) is 4.79 Å². The molecule has 1 fully saturated rings. The van der Waals surface area contributed by atoms with Crippen LogP contribution >= 0.6 is 0 Å². The largest absolute Gasteiger partial charge is 0.399 e. The van der Waals surface area contributed by atoms with Crippen LogP contribution < -0.4 is 11.5 Å². The molecule has 0 amide bonds. The first kappa shape index (κ1) is 11.7. The molecule has 1 saturated heterocycles. The zero-order valence-electron chi connectivity index (χ0n) is 10.2. The Kier molecular flexibility index (Phi) is 2.72. The second-order valence-electron chi connectivity index (χ2n) is 4.63. The van der Waals surface area contributed by atoms with Gasteiger partial charge in [0.2, 0.25) is 0 Å². The molecule has 2 unspecified atom stereocenters. The van der Waals surface area contributed by atoms with Crippen LogP contribution in [0.1, 0.15) is 22.0 Å². The number of nitrogens with two attached hydrogens (primary N) is 2. The van der Waals surface area contributed by atoms with E-state index in [0.717, 1.165) is 5.56 Å². The lowest BCUT2D eigenvalue weighted by molar-refractivity contribution is 0.0953. The van der Waals surface area contributed by atoms with Crippen LogP contribution in [0.15, 0.2) is 48.5 Å². The minimum absolute atomic E-state index is 0.0122. The molecular formula is C15H14N2O2. The maximum Gasteiger partial charge on any atom is 0.194 e. The fourth-order valence-corrected chi connectivity index (χ4v) is 2.06. The number of carbonyl (C=O) groups is 1. The van der Waals surface area contributed by atoms with Crippen molar-refractivity contribution in [1.82, 2.24) is 0 Å². The molecule has 1 aliphatic heterocycles. The molecule has 0 aromatic heterocycles. The van der Waals surface area contributed by atoms with Crippen LogP contribution in [0, 0.1) is 0 Å². The van der Waals surface area contributed by atoms with E-state index in [1.54, 1.807) is 24.3 Å². The molecule has 3 rings (SSSR count). The summed E-state index contributed by atoms with van der Waals surface area (Å²) < 4.78 is 5.47.